The van der Waals surface area contributed by atoms with Crippen molar-refractivity contribution < 1.29 is 4.79 Å². The summed E-state index contributed by atoms with van der Waals surface area (Å²) in [6.07, 6.45) is 8.35. The van der Waals surface area contributed by atoms with Gasteiger partial charge in [-0.15, -0.1) is 5.10 Å². The van der Waals surface area contributed by atoms with Crippen LogP contribution in [0, 0.1) is 11.8 Å². The molecule has 0 bridgehead atoms. The Labute approximate surface area is 109 Å². The van der Waals surface area contributed by atoms with E-state index in [9.17, 15) is 4.79 Å². The number of nitrogens with zero attached hydrogens (tertiary/aromatic N) is 3. The van der Waals surface area contributed by atoms with Crippen LogP contribution in [0.25, 0.3) is 0 Å². The molecule has 2 rings (SSSR count). The van der Waals surface area contributed by atoms with E-state index < -0.39 is 0 Å². The fourth-order valence-corrected chi connectivity index (χ4v) is 2.93. The van der Waals surface area contributed by atoms with Gasteiger partial charge < -0.3 is 0 Å². The summed E-state index contributed by atoms with van der Waals surface area (Å²) >= 11 is 0. The Morgan fingerprint density at radius 1 is 1.44 bits per heavy atom. The molecule has 1 aliphatic rings. The number of rotatable bonds is 5. The lowest BCUT2D eigenvalue weighted by molar-refractivity contribution is 0.0850. The zero-order valence-electron chi connectivity index (χ0n) is 11.4. The number of hydrogen-bond donors (Lipinski definition) is 0. The summed E-state index contributed by atoms with van der Waals surface area (Å²) in [6.45, 7) is 5.09. The average molecular weight is 249 g/mol. The Morgan fingerprint density at radius 3 is 3.00 bits per heavy atom. The summed E-state index contributed by atoms with van der Waals surface area (Å²) in [5.41, 5.74) is 0.707. The van der Waals surface area contributed by atoms with E-state index in [0.717, 1.165) is 31.7 Å². The standard InChI is InChI=1S/C14H23N3O/c1-3-8-17-13(10-15-16-17)14(18)12-7-5-6-11(4-2)9-12/h10-12H,3-9H2,1-2H3. The van der Waals surface area contributed by atoms with Gasteiger partial charge in [0.1, 0.15) is 5.69 Å². The monoisotopic (exact) mass is 249 g/mol. The zero-order chi connectivity index (χ0) is 13.0. The van der Waals surface area contributed by atoms with E-state index in [-0.39, 0.29) is 11.7 Å². The quantitative estimate of drug-likeness (QED) is 0.753. The zero-order valence-corrected chi connectivity index (χ0v) is 11.4. The molecule has 4 heteroatoms. The van der Waals surface area contributed by atoms with Gasteiger partial charge in [-0.25, -0.2) is 4.68 Å². The third-order valence-corrected chi connectivity index (χ3v) is 4.04. The van der Waals surface area contributed by atoms with Crippen molar-refractivity contribution in [3.63, 3.8) is 0 Å². The van der Waals surface area contributed by atoms with Crippen LogP contribution in [-0.2, 0) is 6.54 Å². The van der Waals surface area contributed by atoms with Crippen LogP contribution in [-0.4, -0.2) is 20.8 Å². The molecule has 0 amide bonds. The van der Waals surface area contributed by atoms with Gasteiger partial charge in [-0.2, -0.15) is 0 Å². The van der Waals surface area contributed by atoms with Crippen LogP contribution >= 0.6 is 0 Å². The highest BCUT2D eigenvalue weighted by Crippen LogP contribution is 2.32. The Kier molecular flexibility index (Phi) is 4.50. The summed E-state index contributed by atoms with van der Waals surface area (Å²) in [5.74, 6) is 1.17. The molecular weight excluding hydrogens is 226 g/mol. The Hall–Kier alpha value is -1.19. The van der Waals surface area contributed by atoms with Crippen LogP contribution in [0.5, 0.6) is 0 Å². The summed E-state index contributed by atoms with van der Waals surface area (Å²) in [7, 11) is 0. The lowest BCUT2D eigenvalue weighted by atomic mass is 9.78. The minimum Gasteiger partial charge on any atom is -0.292 e. The second-order valence-corrected chi connectivity index (χ2v) is 5.34. The van der Waals surface area contributed by atoms with E-state index in [4.69, 9.17) is 0 Å². The highest BCUT2D eigenvalue weighted by atomic mass is 16.1. The lowest BCUT2D eigenvalue weighted by Crippen LogP contribution is -2.25. The van der Waals surface area contributed by atoms with E-state index in [1.165, 1.54) is 19.3 Å². The number of hydrogen-bond acceptors (Lipinski definition) is 3. The maximum atomic E-state index is 12.5. The van der Waals surface area contributed by atoms with Gasteiger partial charge in [-0.3, -0.25) is 4.79 Å². The third kappa shape index (κ3) is 2.79. The minimum absolute atomic E-state index is 0.192. The van der Waals surface area contributed by atoms with Crippen molar-refractivity contribution in [2.45, 2.75) is 58.9 Å². The molecule has 0 spiro atoms. The van der Waals surface area contributed by atoms with E-state index in [2.05, 4.69) is 24.2 Å². The second kappa shape index (κ2) is 6.12. The number of aromatic nitrogens is 3. The minimum atomic E-state index is 0.192. The largest absolute Gasteiger partial charge is 0.292 e. The number of aryl methyl sites for hydroxylation is 1. The first-order valence-corrected chi connectivity index (χ1v) is 7.18. The lowest BCUT2D eigenvalue weighted by Gasteiger charge is -2.27. The first kappa shape index (κ1) is 13.2. The number of ketones is 1. The number of Topliss-reactive ketones (excluding diaryl/α,β-unsaturated/α-hetero) is 1. The van der Waals surface area contributed by atoms with Crippen molar-refractivity contribution in [2.24, 2.45) is 11.8 Å². The van der Waals surface area contributed by atoms with Crippen molar-refractivity contribution in [2.75, 3.05) is 0 Å². The fourth-order valence-electron chi connectivity index (χ4n) is 2.93. The predicted octanol–water partition coefficient (Wildman–Crippen LogP) is 3.09. The maximum Gasteiger partial charge on any atom is 0.185 e. The number of carbonyl (C=O) groups is 1. The van der Waals surface area contributed by atoms with Gasteiger partial charge in [0.15, 0.2) is 5.78 Å². The average Bonchev–Trinajstić information content (AvgIpc) is 2.86. The first-order valence-electron chi connectivity index (χ1n) is 7.18. The van der Waals surface area contributed by atoms with Crippen LogP contribution in [0.4, 0.5) is 0 Å². The SMILES string of the molecule is CCCn1nncc1C(=O)C1CCCC(CC)C1. The highest BCUT2D eigenvalue weighted by Gasteiger charge is 2.29. The Balaban J connectivity index is 2.08. The van der Waals surface area contributed by atoms with Crippen molar-refractivity contribution in [1.82, 2.24) is 15.0 Å². The predicted molar refractivity (Wildman–Crippen MR) is 70.4 cm³/mol. The third-order valence-electron chi connectivity index (χ3n) is 4.04. The first-order chi connectivity index (χ1) is 8.76. The van der Waals surface area contributed by atoms with Crippen LogP contribution in [0.1, 0.15) is 62.9 Å². The van der Waals surface area contributed by atoms with Crippen molar-refractivity contribution in [3.8, 4) is 0 Å². The number of carbonyl (C=O) groups excluding carboxylic acids is 1. The second-order valence-electron chi connectivity index (χ2n) is 5.34. The van der Waals surface area contributed by atoms with Gasteiger partial charge in [-0.1, -0.05) is 38.3 Å². The molecule has 4 nitrogen and oxygen atoms in total. The Morgan fingerprint density at radius 2 is 2.28 bits per heavy atom. The molecule has 0 radical (unpaired) electrons. The van der Waals surface area contributed by atoms with E-state index in [0.29, 0.717) is 5.69 Å². The van der Waals surface area contributed by atoms with Gasteiger partial charge in [0.05, 0.1) is 6.20 Å². The molecule has 0 aliphatic heterocycles. The van der Waals surface area contributed by atoms with E-state index in [1.807, 2.05) is 0 Å². The smallest absolute Gasteiger partial charge is 0.185 e. The molecule has 2 unspecified atom stereocenters. The van der Waals surface area contributed by atoms with Crippen LogP contribution in [0.15, 0.2) is 6.20 Å². The van der Waals surface area contributed by atoms with Crippen LogP contribution in [0.3, 0.4) is 0 Å². The van der Waals surface area contributed by atoms with Crippen LogP contribution in [0.2, 0.25) is 0 Å². The summed E-state index contributed by atoms with van der Waals surface area (Å²) in [5, 5.41) is 7.89. The molecule has 1 fully saturated rings. The van der Waals surface area contributed by atoms with Crippen molar-refractivity contribution in [3.05, 3.63) is 11.9 Å². The fraction of sp³-hybridized carbons (Fsp3) is 0.786. The maximum absolute atomic E-state index is 12.5. The van der Waals surface area contributed by atoms with Gasteiger partial charge in [-0.05, 0) is 25.2 Å². The molecule has 1 saturated carbocycles. The molecule has 0 saturated heterocycles. The summed E-state index contributed by atoms with van der Waals surface area (Å²) in [6, 6.07) is 0. The molecule has 2 atom stereocenters. The summed E-state index contributed by atoms with van der Waals surface area (Å²) in [4.78, 5) is 12.5. The normalized spacial score (nSPS) is 24.1. The topological polar surface area (TPSA) is 47.8 Å². The molecule has 100 valence electrons. The summed E-state index contributed by atoms with van der Waals surface area (Å²) < 4.78 is 1.76. The highest BCUT2D eigenvalue weighted by molar-refractivity contribution is 5.96. The van der Waals surface area contributed by atoms with Gasteiger partial charge in [0.2, 0.25) is 0 Å². The molecule has 0 N–H and O–H groups in total. The van der Waals surface area contributed by atoms with Gasteiger partial charge in [0, 0.05) is 12.5 Å². The molecule has 1 aromatic rings. The van der Waals surface area contributed by atoms with E-state index in [1.54, 1.807) is 10.9 Å². The molecular formula is C14H23N3O. The molecule has 18 heavy (non-hydrogen) atoms. The Bertz CT molecular complexity index is 399. The van der Waals surface area contributed by atoms with Gasteiger partial charge in [0.25, 0.3) is 0 Å². The molecule has 1 aromatic heterocycles. The van der Waals surface area contributed by atoms with Crippen molar-refractivity contribution >= 4 is 5.78 Å². The molecule has 0 aromatic carbocycles. The van der Waals surface area contributed by atoms with Crippen molar-refractivity contribution in [1.29, 1.82) is 0 Å². The van der Waals surface area contributed by atoms with Gasteiger partial charge >= 0.3 is 0 Å². The van der Waals surface area contributed by atoms with Crippen LogP contribution < -0.4 is 0 Å². The molecule has 1 heterocycles. The molecule has 1 aliphatic carbocycles. The van der Waals surface area contributed by atoms with E-state index >= 15 is 0 Å².